The minimum atomic E-state index is -0.401. The average molecular weight is 515 g/mol. The molecule has 3 rings (SSSR count). The SMILES string of the molecule is CN/C(C)=C(\C=O)NC(=O)CC1(CC(=O)Nc2cc(Cl)ccc2OC)CCC1.CNc1ccccc1. The highest BCUT2D eigenvalue weighted by atomic mass is 35.5. The minimum Gasteiger partial charge on any atom is -0.495 e. The van der Waals surface area contributed by atoms with Crippen molar-refractivity contribution in [2.75, 3.05) is 31.8 Å². The van der Waals surface area contributed by atoms with Crippen molar-refractivity contribution in [2.45, 2.75) is 39.0 Å². The fourth-order valence-corrected chi connectivity index (χ4v) is 4.06. The van der Waals surface area contributed by atoms with E-state index in [0.717, 1.165) is 24.9 Å². The quantitative estimate of drug-likeness (QED) is 0.269. The van der Waals surface area contributed by atoms with Crippen molar-refractivity contribution in [1.29, 1.82) is 0 Å². The number of ether oxygens (including phenoxy) is 1. The van der Waals surface area contributed by atoms with Crippen molar-refractivity contribution < 1.29 is 19.1 Å². The maximum Gasteiger partial charge on any atom is 0.225 e. The molecule has 1 saturated carbocycles. The van der Waals surface area contributed by atoms with Gasteiger partial charge in [0.15, 0.2) is 6.29 Å². The Kier molecular flexibility index (Phi) is 11.3. The van der Waals surface area contributed by atoms with Crippen molar-refractivity contribution in [2.24, 2.45) is 5.41 Å². The van der Waals surface area contributed by atoms with Crippen LogP contribution in [-0.4, -0.2) is 39.3 Å². The van der Waals surface area contributed by atoms with E-state index in [0.29, 0.717) is 28.4 Å². The van der Waals surface area contributed by atoms with Crippen molar-refractivity contribution in [3.05, 3.63) is 64.9 Å². The summed E-state index contributed by atoms with van der Waals surface area (Å²) in [6.45, 7) is 1.70. The van der Waals surface area contributed by atoms with Crippen LogP contribution in [0.4, 0.5) is 11.4 Å². The number of rotatable bonds is 10. The van der Waals surface area contributed by atoms with Gasteiger partial charge in [0.2, 0.25) is 11.8 Å². The number of amides is 2. The van der Waals surface area contributed by atoms with Crippen LogP contribution in [0.5, 0.6) is 5.75 Å². The van der Waals surface area contributed by atoms with Gasteiger partial charge in [-0.2, -0.15) is 0 Å². The van der Waals surface area contributed by atoms with E-state index in [2.05, 4.69) is 21.3 Å². The second-order valence-electron chi connectivity index (χ2n) is 8.67. The monoisotopic (exact) mass is 514 g/mol. The molecular formula is C27H35ClN4O4. The third-order valence-electron chi connectivity index (χ3n) is 6.15. The molecule has 0 saturated heterocycles. The van der Waals surface area contributed by atoms with Crippen LogP contribution in [0.2, 0.25) is 5.02 Å². The summed E-state index contributed by atoms with van der Waals surface area (Å²) in [5.74, 6) is 0.0385. The number of benzene rings is 2. The Morgan fingerprint density at radius 2 is 1.72 bits per heavy atom. The lowest BCUT2D eigenvalue weighted by Crippen LogP contribution is -2.39. The number of hydrogen-bond donors (Lipinski definition) is 4. The smallest absolute Gasteiger partial charge is 0.225 e. The topological polar surface area (TPSA) is 109 Å². The Balaban J connectivity index is 0.000000482. The number of carbonyl (C=O) groups is 3. The van der Waals surface area contributed by atoms with Crippen LogP contribution in [0.1, 0.15) is 39.0 Å². The Bertz CT molecular complexity index is 1070. The first kappa shape index (κ1) is 28.7. The van der Waals surface area contributed by atoms with Gasteiger partial charge in [0.05, 0.1) is 18.5 Å². The van der Waals surface area contributed by atoms with E-state index in [-0.39, 0.29) is 30.4 Å². The highest BCUT2D eigenvalue weighted by Gasteiger charge is 2.41. The van der Waals surface area contributed by atoms with E-state index in [9.17, 15) is 14.4 Å². The molecule has 0 radical (unpaired) electrons. The van der Waals surface area contributed by atoms with E-state index in [1.165, 1.54) is 7.11 Å². The summed E-state index contributed by atoms with van der Waals surface area (Å²) in [6.07, 6.45) is 3.53. The molecule has 0 bridgehead atoms. The standard InChI is InChI=1S/C20H26ClN3O4.C7H9N/c1-13(22-2)16(12-25)24-19(27)11-20(7-4-8-20)10-18(26)23-15-9-14(21)5-6-17(15)28-3;1-8-7-5-3-2-4-6-7/h5-6,9,12,22H,4,7-8,10-11H2,1-3H3,(H,23,26)(H,24,27);2-6,8H,1H3/b16-13+;. The van der Waals surface area contributed by atoms with Gasteiger partial charge < -0.3 is 26.0 Å². The second-order valence-corrected chi connectivity index (χ2v) is 9.11. The molecule has 2 aromatic carbocycles. The Morgan fingerprint density at radius 3 is 2.22 bits per heavy atom. The highest BCUT2D eigenvalue weighted by Crippen LogP contribution is 2.47. The molecule has 0 unspecified atom stereocenters. The number of aldehydes is 1. The van der Waals surface area contributed by atoms with Gasteiger partial charge in [-0.05, 0) is 55.5 Å². The fraction of sp³-hybridized carbons (Fsp3) is 0.370. The number of methoxy groups -OCH3 is 1. The Morgan fingerprint density at radius 1 is 1.06 bits per heavy atom. The number of halogens is 1. The third-order valence-corrected chi connectivity index (χ3v) is 6.39. The van der Waals surface area contributed by atoms with Crippen molar-refractivity contribution in [3.63, 3.8) is 0 Å². The van der Waals surface area contributed by atoms with Crippen LogP contribution in [0.25, 0.3) is 0 Å². The van der Waals surface area contributed by atoms with Crippen molar-refractivity contribution in [1.82, 2.24) is 10.6 Å². The van der Waals surface area contributed by atoms with Gasteiger partial charge in [0.1, 0.15) is 5.75 Å². The average Bonchev–Trinajstić information content (AvgIpc) is 2.86. The molecule has 8 nitrogen and oxygen atoms in total. The molecule has 0 aliphatic heterocycles. The predicted molar refractivity (Wildman–Crippen MR) is 144 cm³/mol. The van der Waals surface area contributed by atoms with Gasteiger partial charge in [0, 0.05) is 43.3 Å². The fourth-order valence-electron chi connectivity index (χ4n) is 3.89. The molecule has 4 N–H and O–H groups in total. The molecule has 194 valence electrons. The van der Waals surface area contributed by atoms with E-state index in [1.54, 1.807) is 32.2 Å². The molecule has 1 aliphatic rings. The minimum absolute atomic E-state index is 0.182. The lowest BCUT2D eigenvalue weighted by molar-refractivity contribution is -0.127. The predicted octanol–water partition coefficient (Wildman–Crippen LogP) is 4.73. The van der Waals surface area contributed by atoms with Crippen LogP contribution in [-0.2, 0) is 14.4 Å². The van der Waals surface area contributed by atoms with Gasteiger partial charge in [0.25, 0.3) is 0 Å². The molecular weight excluding hydrogens is 480 g/mol. The molecule has 0 spiro atoms. The van der Waals surface area contributed by atoms with Crippen molar-refractivity contribution >= 4 is 41.1 Å². The van der Waals surface area contributed by atoms with Crippen LogP contribution in [0.3, 0.4) is 0 Å². The highest BCUT2D eigenvalue weighted by molar-refractivity contribution is 6.31. The normalized spacial score (nSPS) is 14.0. The largest absolute Gasteiger partial charge is 0.495 e. The number of anilines is 2. The number of carbonyl (C=O) groups excluding carboxylic acids is 3. The van der Waals surface area contributed by atoms with E-state index in [4.69, 9.17) is 16.3 Å². The van der Waals surface area contributed by atoms with E-state index in [1.807, 2.05) is 37.4 Å². The van der Waals surface area contributed by atoms with Gasteiger partial charge in [-0.1, -0.05) is 36.2 Å². The number of para-hydroxylation sites is 1. The summed E-state index contributed by atoms with van der Waals surface area (Å²) in [6, 6.07) is 15.1. The Hall–Kier alpha value is -3.52. The molecule has 1 fully saturated rings. The van der Waals surface area contributed by atoms with Gasteiger partial charge in [-0.25, -0.2) is 0 Å². The first-order chi connectivity index (χ1) is 17.3. The zero-order valence-electron chi connectivity index (χ0n) is 21.2. The first-order valence-corrected chi connectivity index (χ1v) is 12.1. The van der Waals surface area contributed by atoms with E-state index >= 15 is 0 Å². The number of allylic oxidation sites excluding steroid dienone is 2. The van der Waals surface area contributed by atoms with Gasteiger partial charge >= 0.3 is 0 Å². The summed E-state index contributed by atoms with van der Waals surface area (Å²) in [4.78, 5) is 36.2. The maximum atomic E-state index is 12.6. The molecule has 36 heavy (non-hydrogen) atoms. The lowest BCUT2D eigenvalue weighted by Gasteiger charge is -2.41. The molecule has 2 aromatic rings. The maximum absolute atomic E-state index is 12.6. The zero-order valence-corrected chi connectivity index (χ0v) is 22.0. The lowest BCUT2D eigenvalue weighted by atomic mass is 9.64. The summed E-state index contributed by atoms with van der Waals surface area (Å²) in [5.41, 5.74) is 2.04. The Labute approximate surface area is 217 Å². The van der Waals surface area contributed by atoms with Crippen LogP contribution < -0.4 is 26.0 Å². The number of nitrogens with one attached hydrogen (secondary N) is 4. The van der Waals surface area contributed by atoms with Gasteiger partial charge in [-0.15, -0.1) is 0 Å². The summed E-state index contributed by atoms with van der Waals surface area (Å²) in [7, 11) is 5.10. The summed E-state index contributed by atoms with van der Waals surface area (Å²) >= 11 is 6.00. The molecule has 9 heteroatoms. The van der Waals surface area contributed by atoms with Crippen LogP contribution in [0, 0.1) is 5.41 Å². The summed E-state index contributed by atoms with van der Waals surface area (Å²) < 4.78 is 5.24. The van der Waals surface area contributed by atoms with Crippen molar-refractivity contribution in [3.8, 4) is 5.75 Å². The molecule has 0 atom stereocenters. The first-order valence-electron chi connectivity index (χ1n) is 11.8. The summed E-state index contributed by atoms with van der Waals surface area (Å²) in [5, 5.41) is 11.8. The molecule has 0 aromatic heterocycles. The third kappa shape index (κ3) is 8.61. The number of hydrogen-bond acceptors (Lipinski definition) is 6. The van der Waals surface area contributed by atoms with Crippen LogP contribution in [0.15, 0.2) is 59.9 Å². The molecule has 0 heterocycles. The van der Waals surface area contributed by atoms with E-state index < -0.39 is 5.41 Å². The second kappa shape index (κ2) is 14.1. The molecule has 1 aliphatic carbocycles. The molecule has 2 amide bonds. The van der Waals surface area contributed by atoms with Gasteiger partial charge in [-0.3, -0.25) is 14.4 Å². The zero-order chi connectivity index (χ0) is 26.6. The van der Waals surface area contributed by atoms with Crippen LogP contribution >= 0.6 is 11.6 Å².